The number of rotatable bonds is 4. The Labute approximate surface area is 109 Å². The average molecular weight is 259 g/mol. The fourth-order valence-electron chi connectivity index (χ4n) is 1.27. The van der Waals surface area contributed by atoms with Crippen molar-refractivity contribution in [2.75, 3.05) is 0 Å². The smallest absolute Gasteiger partial charge is 0.307 e. The van der Waals surface area contributed by atoms with Crippen molar-refractivity contribution in [3.8, 4) is 0 Å². The molecule has 5 heteroatoms. The Morgan fingerprint density at radius 2 is 1.17 bits per heavy atom. The highest BCUT2D eigenvalue weighted by Crippen LogP contribution is 2.12. The number of nitrogens with two attached hydrogens (primary N) is 1. The molecule has 0 aliphatic rings. The van der Waals surface area contributed by atoms with E-state index < -0.39 is 29.2 Å². The van der Waals surface area contributed by atoms with Crippen LogP contribution >= 0.6 is 0 Å². The quantitative estimate of drug-likeness (QED) is 0.778. The van der Waals surface area contributed by atoms with E-state index in [1.165, 1.54) is 0 Å². The van der Waals surface area contributed by atoms with Gasteiger partial charge in [-0.2, -0.15) is 0 Å². The van der Waals surface area contributed by atoms with Crippen LogP contribution in [-0.2, 0) is 19.1 Å². The lowest BCUT2D eigenvalue weighted by molar-refractivity contribution is -0.157. The molecule has 0 bridgehead atoms. The Kier molecular flexibility index (Phi) is 5.80. The minimum atomic E-state index is -0.574. The molecule has 0 radical (unpaired) electrons. The Morgan fingerprint density at radius 1 is 0.889 bits per heavy atom. The summed E-state index contributed by atoms with van der Waals surface area (Å²) in [6.07, 6.45) is 0.0209. The second-order valence-corrected chi connectivity index (χ2v) is 6.34. The standard InChI is InChI=1S/C13H25NO4/c1-12(2,3)17-10(15)7-9(14)8-11(16)18-13(4,5)6/h9H,7-8,14H2,1-6H3. The molecule has 0 heterocycles. The van der Waals surface area contributed by atoms with Gasteiger partial charge in [-0.15, -0.1) is 0 Å². The van der Waals surface area contributed by atoms with E-state index in [1.54, 1.807) is 41.5 Å². The fraction of sp³-hybridized carbons (Fsp3) is 0.846. The predicted octanol–water partition coefficient (Wildman–Crippen LogP) is 1.78. The first-order valence-electron chi connectivity index (χ1n) is 6.08. The van der Waals surface area contributed by atoms with E-state index in [0.717, 1.165) is 0 Å². The van der Waals surface area contributed by atoms with Crippen molar-refractivity contribution >= 4 is 11.9 Å². The summed E-state index contributed by atoms with van der Waals surface area (Å²) in [7, 11) is 0. The van der Waals surface area contributed by atoms with Gasteiger partial charge in [0.25, 0.3) is 0 Å². The van der Waals surface area contributed by atoms with Gasteiger partial charge in [0.1, 0.15) is 11.2 Å². The lowest BCUT2D eigenvalue weighted by Gasteiger charge is -2.22. The van der Waals surface area contributed by atoms with E-state index >= 15 is 0 Å². The maximum absolute atomic E-state index is 11.5. The number of esters is 2. The van der Waals surface area contributed by atoms with Gasteiger partial charge < -0.3 is 15.2 Å². The summed E-state index contributed by atoms with van der Waals surface area (Å²) < 4.78 is 10.2. The highest BCUT2D eigenvalue weighted by atomic mass is 16.6. The van der Waals surface area contributed by atoms with Gasteiger partial charge in [0.05, 0.1) is 12.8 Å². The molecule has 0 saturated carbocycles. The average Bonchev–Trinajstić information content (AvgIpc) is 1.92. The first-order valence-corrected chi connectivity index (χ1v) is 6.08. The Bertz CT molecular complexity index is 269. The van der Waals surface area contributed by atoms with Gasteiger partial charge in [0.15, 0.2) is 0 Å². The van der Waals surface area contributed by atoms with Crippen LogP contribution in [0.25, 0.3) is 0 Å². The van der Waals surface area contributed by atoms with Crippen molar-refractivity contribution in [3.63, 3.8) is 0 Å². The summed E-state index contributed by atoms with van der Waals surface area (Å²) in [6.45, 7) is 10.7. The van der Waals surface area contributed by atoms with Crippen LogP contribution in [0.4, 0.5) is 0 Å². The highest BCUT2D eigenvalue weighted by Gasteiger charge is 2.22. The lowest BCUT2D eigenvalue weighted by Crippen LogP contribution is -2.33. The summed E-state index contributed by atoms with van der Waals surface area (Å²) in [4.78, 5) is 23.0. The molecule has 0 fully saturated rings. The minimum absolute atomic E-state index is 0.0104. The molecule has 0 aromatic rings. The summed E-state index contributed by atoms with van der Waals surface area (Å²) in [5.41, 5.74) is 4.63. The molecule has 0 spiro atoms. The zero-order chi connectivity index (χ0) is 14.6. The number of hydrogen-bond acceptors (Lipinski definition) is 5. The van der Waals surface area contributed by atoms with Gasteiger partial charge >= 0.3 is 11.9 Å². The van der Waals surface area contributed by atoms with Gasteiger partial charge in [0, 0.05) is 6.04 Å². The zero-order valence-corrected chi connectivity index (χ0v) is 12.2. The third kappa shape index (κ3) is 10.1. The molecule has 0 aliphatic heterocycles. The van der Waals surface area contributed by atoms with E-state index in [0.29, 0.717) is 0 Å². The second-order valence-electron chi connectivity index (χ2n) is 6.34. The number of carbonyl (C=O) groups excluding carboxylic acids is 2. The maximum Gasteiger partial charge on any atom is 0.307 e. The van der Waals surface area contributed by atoms with Crippen LogP contribution in [0.2, 0.25) is 0 Å². The molecule has 0 saturated heterocycles. The van der Waals surface area contributed by atoms with Crippen molar-refractivity contribution < 1.29 is 19.1 Å². The van der Waals surface area contributed by atoms with Gasteiger partial charge in [-0.1, -0.05) is 0 Å². The first-order chi connectivity index (χ1) is 7.89. The SMILES string of the molecule is CC(C)(C)OC(=O)CC(N)CC(=O)OC(C)(C)C. The van der Waals surface area contributed by atoms with Crippen LogP contribution in [0, 0.1) is 0 Å². The summed E-state index contributed by atoms with van der Waals surface area (Å²) in [5.74, 6) is -0.808. The molecule has 5 nitrogen and oxygen atoms in total. The third-order valence-corrected chi connectivity index (χ3v) is 1.70. The number of ether oxygens (including phenoxy) is 2. The Morgan fingerprint density at radius 3 is 1.39 bits per heavy atom. The van der Waals surface area contributed by atoms with Crippen molar-refractivity contribution in [2.24, 2.45) is 5.73 Å². The second kappa shape index (κ2) is 6.18. The molecule has 106 valence electrons. The van der Waals surface area contributed by atoms with E-state index in [-0.39, 0.29) is 12.8 Å². The highest BCUT2D eigenvalue weighted by molar-refractivity contribution is 5.74. The molecule has 18 heavy (non-hydrogen) atoms. The molecular formula is C13H25NO4. The zero-order valence-electron chi connectivity index (χ0n) is 12.2. The van der Waals surface area contributed by atoms with E-state index in [1.807, 2.05) is 0 Å². The fourth-order valence-corrected chi connectivity index (χ4v) is 1.27. The van der Waals surface area contributed by atoms with E-state index in [4.69, 9.17) is 15.2 Å². The van der Waals surface area contributed by atoms with Crippen molar-refractivity contribution in [1.29, 1.82) is 0 Å². The summed E-state index contributed by atoms with van der Waals surface area (Å²) in [5, 5.41) is 0. The Hall–Kier alpha value is -1.10. The van der Waals surface area contributed by atoms with Crippen LogP contribution in [0.15, 0.2) is 0 Å². The van der Waals surface area contributed by atoms with Gasteiger partial charge in [-0.3, -0.25) is 9.59 Å². The molecule has 0 aromatic carbocycles. The van der Waals surface area contributed by atoms with Crippen LogP contribution in [-0.4, -0.2) is 29.2 Å². The van der Waals surface area contributed by atoms with E-state index in [9.17, 15) is 9.59 Å². The van der Waals surface area contributed by atoms with Gasteiger partial charge in [0.2, 0.25) is 0 Å². The van der Waals surface area contributed by atoms with Crippen molar-refractivity contribution in [1.82, 2.24) is 0 Å². The maximum atomic E-state index is 11.5. The Balaban J connectivity index is 4.08. The predicted molar refractivity (Wildman–Crippen MR) is 68.9 cm³/mol. The molecule has 0 rings (SSSR count). The van der Waals surface area contributed by atoms with Crippen LogP contribution in [0.1, 0.15) is 54.4 Å². The minimum Gasteiger partial charge on any atom is -0.460 e. The lowest BCUT2D eigenvalue weighted by atomic mass is 10.1. The van der Waals surface area contributed by atoms with Crippen LogP contribution < -0.4 is 5.73 Å². The largest absolute Gasteiger partial charge is 0.460 e. The molecule has 2 N–H and O–H groups in total. The van der Waals surface area contributed by atoms with Crippen LogP contribution in [0.5, 0.6) is 0 Å². The van der Waals surface area contributed by atoms with Gasteiger partial charge in [-0.25, -0.2) is 0 Å². The molecule has 0 aromatic heterocycles. The summed E-state index contributed by atoms with van der Waals surface area (Å²) in [6, 6.07) is -0.574. The molecular weight excluding hydrogens is 234 g/mol. The first kappa shape index (κ1) is 16.9. The number of carbonyl (C=O) groups is 2. The summed E-state index contributed by atoms with van der Waals surface area (Å²) >= 11 is 0. The topological polar surface area (TPSA) is 78.6 Å². The normalized spacial score (nSPS) is 12.4. The monoisotopic (exact) mass is 259 g/mol. The molecule has 0 atom stereocenters. The third-order valence-electron chi connectivity index (χ3n) is 1.70. The van der Waals surface area contributed by atoms with Gasteiger partial charge in [-0.05, 0) is 41.5 Å². The van der Waals surface area contributed by atoms with Crippen LogP contribution in [0.3, 0.4) is 0 Å². The molecule has 0 aliphatic carbocycles. The molecule has 0 amide bonds. The number of hydrogen-bond donors (Lipinski definition) is 1. The van der Waals surface area contributed by atoms with Crippen molar-refractivity contribution in [3.05, 3.63) is 0 Å². The molecule has 0 unspecified atom stereocenters. The van der Waals surface area contributed by atoms with Crippen molar-refractivity contribution in [2.45, 2.75) is 71.6 Å². The van der Waals surface area contributed by atoms with E-state index in [2.05, 4.69) is 0 Å².